The minimum atomic E-state index is -0.684. The van der Waals surface area contributed by atoms with Crippen molar-refractivity contribution in [1.82, 2.24) is 9.78 Å². The van der Waals surface area contributed by atoms with Crippen LogP contribution < -0.4 is 0 Å². The predicted molar refractivity (Wildman–Crippen MR) is 112 cm³/mol. The molecule has 0 bridgehead atoms. The first kappa shape index (κ1) is 19.9. The van der Waals surface area contributed by atoms with E-state index in [2.05, 4.69) is 48.4 Å². The van der Waals surface area contributed by atoms with Gasteiger partial charge in [-0.25, -0.2) is 0 Å². The maximum absolute atomic E-state index is 11.6. The molecule has 3 aromatic rings. The van der Waals surface area contributed by atoms with Crippen LogP contribution in [0.3, 0.4) is 0 Å². The number of carbonyl (C=O) groups is 1. The molecule has 1 aromatic heterocycles. The average Bonchev–Trinajstić information content (AvgIpc) is 3.21. The number of rotatable bonds is 10. The lowest BCUT2D eigenvalue weighted by Gasteiger charge is -2.12. The molecule has 0 radical (unpaired) electrons. The van der Waals surface area contributed by atoms with Gasteiger partial charge in [-0.1, -0.05) is 54.6 Å². The van der Waals surface area contributed by atoms with Crippen molar-refractivity contribution in [2.24, 2.45) is 5.92 Å². The summed E-state index contributed by atoms with van der Waals surface area (Å²) in [4.78, 5) is 11.6. The van der Waals surface area contributed by atoms with E-state index in [-0.39, 0.29) is 5.92 Å². The zero-order valence-electron chi connectivity index (χ0n) is 16.4. The second-order valence-electron chi connectivity index (χ2n) is 7.23. The van der Waals surface area contributed by atoms with E-state index in [9.17, 15) is 9.90 Å². The first-order valence-corrected chi connectivity index (χ1v) is 10.0. The predicted octanol–water partition coefficient (Wildman–Crippen LogP) is 5.23. The monoisotopic (exact) mass is 376 g/mol. The van der Waals surface area contributed by atoms with Gasteiger partial charge in [-0.15, -0.1) is 0 Å². The normalized spacial score (nSPS) is 12.0. The summed E-state index contributed by atoms with van der Waals surface area (Å²) < 4.78 is 1.91. The molecule has 0 spiro atoms. The molecular weight excluding hydrogens is 348 g/mol. The van der Waals surface area contributed by atoms with Crippen LogP contribution >= 0.6 is 0 Å². The fraction of sp³-hybridized carbons (Fsp3) is 0.333. The van der Waals surface area contributed by atoms with Crippen LogP contribution in [0, 0.1) is 5.92 Å². The lowest BCUT2D eigenvalue weighted by molar-refractivity contribution is -0.142. The van der Waals surface area contributed by atoms with Crippen LogP contribution in [0.5, 0.6) is 0 Å². The lowest BCUT2D eigenvalue weighted by atomic mass is 9.93. The maximum atomic E-state index is 11.6. The Balaban J connectivity index is 1.51. The summed E-state index contributed by atoms with van der Waals surface area (Å²) in [5.41, 5.74) is 4.70. The summed E-state index contributed by atoms with van der Waals surface area (Å²) in [6.07, 6.45) is 7.95. The third-order valence-electron chi connectivity index (χ3n) is 5.24. The summed E-state index contributed by atoms with van der Waals surface area (Å²) in [6, 6.07) is 18.6. The Bertz CT molecular complexity index is 869. The first-order chi connectivity index (χ1) is 13.7. The Morgan fingerprint density at radius 2 is 1.68 bits per heavy atom. The van der Waals surface area contributed by atoms with E-state index >= 15 is 0 Å². The fourth-order valence-electron chi connectivity index (χ4n) is 3.48. The molecule has 0 saturated carbocycles. The van der Waals surface area contributed by atoms with Gasteiger partial charge in [0.2, 0.25) is 0 Å². The number of aryl methyl sites for hydroxylation is 3. The number of hydrogen-bond donors (Lipinski definition) is 1. The SMILES string of the molecule is CCn1cc(-c2ccc(CCC(CCCc3ccccc3)C(=O)O)cc2)cn1. The fourth-order valence-corrected chi connectivity index (χ4v) is 3.48. The van der Waals surface area contributed by atoms with E-state index in [1.165, 1.54) is 11.1 Å². The van der Waals surface area contributed by atoms with Gasteiger partial charge in [-0.05, 0) is 55.7 Å². The van der Waals surface area contributed by atoms with Gasteiger partial charge < -0.3 is 5.11 Å². The second kappa shape index (κ2) is 9.88. The Kier molecular flexibility index (Phi) is 7.01. The molecule has 28 heavy (non-hydrogen) atoms. The molecule has 0 amide bonds. The second-order valence-corrected chi connectivity index (χ2v) is 7.23. The van der Waals surface area contributed by atoms with E-state index in [1.807, 2.05) is 35.3 Å². The number of aromatic nitrogens is 2. The molecule has 0 aliphatic carbocycles. The van der Waals surface area contributed by atoms with Crippen LogP contribution in [0.25, 0.3) is 11.1 Å². The van der Waals surface area contributed by atoms with Gasteiger partial charge >= 0.3 is 5.97 Å². The highest BCUT2D eigenvalue weighted by Gasteiger charge is 2.17. The quantitative estimate of drug-likeness (QED) is 0.527. The molecule has 0 aliphatic heterocycles. The number of carboxylic acid groups (broad SMARTS) is 1. The summed E-state index contributed by atoms with van der Waals surface area (Å²) in [7, 11) is 0. The molecule has 2 aromatic carbocycles. The first-order valence-electron chi connectivity index (χ1n) is 10.0. The molecule has 0 aliphatic rings. The molecule has 1 heterocycles. The number of carboxylic acids is 1. The Morgan fingerprint density at radius 3 is 2.32 bits per heavy atom. The van der Waals surface area contributed by atoms with Gasteiger partial charge in [0.25, 0.3) is 0 Å². The standard InChI is InChI=1S/C24H28N2O2/c1-2-26-18-23(17-25-26)21-14-11-20(12-15-21)13-16-22(24(27)28)10-6-9-19-7-4-3-5-8-19/h3-5,7-8,11-12,14-15,17-18,22H,2,6,9-10,13,16H2,1H3,(H,27,28). The van der Waals surface area contributed by atoms with Crippen LogP contribution in [0.1, 0.15) is 37.3 Å². The maximum Gasteiger partial charge on any atom is 0.306 e. The average molecular weight is 376 g/mol. The van der Waals surface area contributed by atoms with Crippen LogP contribution in [0.4, 0.5) is 0 Å². The van der Waals surface area contributed by atoms with Crippen molar-refractivity contribution in [3.8, 4) is 11.1 Å². The number of benzene rings is 2. The van der Waals surface area contributed by atoms with Gasteiger partial charge in [-0.3, -0.25) is 9.48 Å². The van der Waals surface area contributed by atoms with Gasteiger partial charge in [-0.2, -0.15) is 5.10 Å². The third-order valence-corrected chi connectivity index (χ3v) is 5.24. The van der Waals surface area contributed by atoms with E-state index in [0.717, 1.165) is 43.4 Å². The van der Waals surface area contributed by atoms with Gasteiger partial charge in [0.1, 0.15) is 0 Å². The van der Waals surface area contributed by atoms with Crippen molar-refractivity contribution in [2.45, 2.75) is 45.6 Å². The Labute approximate surface area is 166 Å². The molecule has 3 rings (SSSR count). The summed E-state index contributed by atoms with van der Waals surface area (Å²) >= 11 is 0. The van der Waals surface area contributed by atoms with Crippen molar-refractivity contribution >= 4 is 5.97 Å². The van der Waals surface area contributed by atoms with Gasteiger partial charge in [0, 0.05) is 18.3 Å². The van der Waals surface area contributed by atoms with Crippen LogP contribution in [0.2, 0.25) is 0 Å². The van der Waals surface area contributed by atoms with Crippen molar-refractivity contribution in [3.63, 3.8) is 0 Å². The summed E-state index contributed by atoms with van der Waals surface area (Å²) in [5, 5.41) is 13.9. The highest BCUT2D eigenvalue weighted by Crippen LogP contribution is 2.22. The molecular formula is C24H28N2O2. The van der Waals surface area contributed by atoms with E-state index in [4.69, 9.17) is 0 Å². The van der Waals surface area contributed by atoms with E-state index in [0.29, 0.717) is 6.42 Å². The van der Waals surface area contributed by atoms with Gasteiger partial charge in [0.05, 0.1) is 12.1 Å². The molecule has 0 fully saturated rings. The molecule has 1 atom stereocenters. The van der Waals surface area contributed by atoms with Crippen molar-refractivity contribution in [3.05, 3.63) is 78.1 Å². The minimum Gasteiger partial charge on any atom is -0.481 e. The van der Waals surface area contributed by atoms with Crippen molar-refractivity contribution in [2.75, 3.05) is 0 Å². The smallest absolute Gasteiger partial charge is 0.306 e. The lowest BCUT2D eigenvalue weighted by Crippen LogP contribution is -2.15. The van der Waals surface area contributed by atoms with Crippen LogP contribution in [0.15, 0.2) is 67.0 Å². The molecule has 4 nitrogen and oxygen atoms in total. The molecule has 4 heteroatoms. The van der Waals surface area contributed by atoms with Crippen LogP contribution in [-0.4, -0.2) is 20.9 Å². The van der Waals surface area contributed by atoms with Crippen molar-refractivity contribution < 1.29 is 9.90 Å². The minimum absolute atomic E-state index is 0.286. The molecule has 1 N–H and O–H groups in total. The molecule has 146 valence electrons. The highest BCUT2D eigenvalue weighted by atomic mass is 16.4. The zero-order valence-corrected chi connectivity index (χ0v) is 16.4. The summed E-state index contributed by atoms with van der Waals surface area (Å²) in [5.74, 6) is -0.970. The molecule has 0 saturated heterocycles. The van der Waals surface area contributed by atoms with E-state index in [1.54, 1.807) is 0 Å². The zero-order chi connectivity index (χ0) is 19.8. The molecule has 1 unspecified atom stereocenters. The largest absolute Gasteiger partial charge is 0.481 e. The number of aliphatic carboxylic acids is 1. The number of hydrogen-bond acceptors (Lipinski definition) is 2. The Morgan fingerprint density at radius 1 is 0.964 bits per heavy atom. The summed E-state index contributed by atoms with van der Waals surface area (Å²) in [6.45, 7) is 2.93. The van der Waals surface area contributed by atoms with Crippen LogP contribution in [-0.2, 0) is 24.2 Å². The highest BCUT2D eigenvalue weighted by molar-refractivity contribution is 5.70. The van der Waals surface area contributed by atoms with Crippen molar-refractivity contribution in [1.29, 1.82) is 0 Å². The third kappa shape index (κ3) is 5.56. The Hall–Kier alpha value is -2.88. The number of nitrogens with zero attached hydrogens (tertiary/aromatic N) is 2. The topological polar surface area (TPSA) is 55.1 Å². The van der Waals surface area contributed by atoms with Gasteiger partial charge in [0.15, 0.2) is 0 Å². The van der Waals surface area contributed by atoms with E-state index < -0.39 is 5.97 Å².